The van der Waals surface area contributed by atoms with E-state index in [0.717, 1.165) is 38.4 Å². The zero-order valence-electron chi connectivity index (χ0n) is 14.3. The summed E-state index contributed by atoms with van der Waals surface area (Å²) >= 11 is 0. The molecule has 128 valence electrons. The summed E-state index contributed by atoms with van der Waals surface area (Å²) < 4.78 is 5.46. The van der Waals surface area contributed by atoms with Crippen LogP contribution in [0.15, 0.2) is 54.6 Å². The Kier molecular flexibility index (Phi) is 5.86. The molecule has 0 unspecified atom stereocenters. The lowest BCUT2D eigenvalue weighted by Gasteiger charge is -2.31. The van der Waals surface area contributed by atoms with Crippen molar-refractivity contribution in [2.24, 2.45) is 0 Å². The summed E-state index contributed by atoms with van der Waals surface area (Å²) in [7, 11) is 2.06. The van der Waals surface area contributed by atoms with Crippen LogP contribution in [-0.4, -0.2) is 49.9 Å². The van der Waals surface area contributed by atoms with Gasteiger partial charge in [-0.15, -0.1) is 0 Å². The van der Waals surface area contributed by atoms with Crippen LogP contribution < -0.4 is 4.90 Å². The number of aliphatic hydroxyl groups excluding tert-OH is 1. The SMILES string of the molecule is CN(Cc1ccccc1N1CCOCC1)C[C@H](O)c1ccccc1. The minimum absolute atomic E-state index is 0.466. The van der Waals surface area contributed by atoms with E-state index in [0.29, 0.717) is 6.54 Å². The topological polar surface area (TPSA) is 35.9 Å². The molecule has 3 rings (SSSR count). The number of para-hydroxylation sites is 1. The van der Waals surface area contributed by atoms with E-state index in [9.17, 15) is 5.11 Å². The Morgan fingerprint density at radius 1 is 1.04 bits per heavy atom. The number of benzene rings is 2. The molecule has 2 aromatic carbocycles. The predicted molar refractivity (Wildman–Crippen MR) is 97.2 cm³/mol. The van der Waals surface area contributed by atoms with E-state index >= 15 is 0 Å². The number of ether oxygens (including phenoxy) is 1. The van der Waals surface area contributed by atoms with Gasteiger partial charge in [-0.1, -0.05) is 48.5 Å². The van der Waals surface area contributed by atoms with Gasteiger partial charge in [0.1, 0.15) is 0 Å². The molecule has 4 nitrogen and oxygen atoms in total. The lowest BCUT2D eigenvalue weighted by atomic mass is 10.1. The number of likely N-dealkylation sites (N-methyl/N-ethyl adjacent to an activating group) is 1. The maximum Gasteiger partial charge on any atom is 0.0916 e. The van der Waals surface area contributed by atoms with Gasteiger partial charge in [0, 0.05) is 31.9 Å². The Morgan fingerprint density at radius 3 is 2.46 bits per heavy atom. The molecule has 1 atom stereocenters. The first-order valence-corrected chi connectivity index (χ1v) is 8.56. The second-order valence-corrected chi connectivity index (χ2v) is 6.35. The van der Waals surface area contributed by atoms with E-state index in [1.54, 1.807) is 0 Å². The molecule has 2 aromatic rings. The lowest BCUT2D eigenvalue weighted by molar-refractivity contribution is 0.121. The molecule has 0 aromatic heterocycles. The van der Waals surface area contributed by atoms with E-state index < -0.39 is 6.10 Å². The van der Waals surface area contributed by atoms with Crippen molar-refractivity contribution in [3.63, 3.8) is 0 Å². The van der Waals surface area contributed by atoms with Crippen molar-refractivity contribution >= 4 is 5.69 Å². The van der Waals surface area contributed by atoms with Gasteiger partial charge in [0.15, 0.2) is 0 Å². The fraction of sp³-hybridized carbons (Fsp3) is 0.400. The molecule has 1 N–H and O–H groups in total. The zero-order chi connectivity index (χ0) is 16.8. The van der Waals surface area contributed by atoms with Crippen LogP contribution in [0.25, 0.3) is 0 Å². The van der Waals surface area contributed by atoms with Crippen molar-refractivity contribution < 1.29 is 9.84 Å². The first-order valence-electron chi connectivity index (χ1n) is 8.56. The molecule has 0 amide bonds. The molecule has 1 heterocycles. The van der Waals surface area contributed by atoms with Crippen molar-refractivity contribution in [2.75, 3.05) is 44.8 Å². The quantitative estimate of drug-likeness (QED) is 0.885. The Hall–Kier alpha value is -1.88. The van der Waals surface area contributed by atoms with Crippen LogP contribution in [0.5, 0.6) is 0 Å². The average molecular weight is 326 g/mol. The van der Waals surface area contributed by atoms with Crippen molar-refractivity contribution in [1.82, 2.24) is 4.90 Å². The smallest absolute Gasteiger partial charge is 0.0916 e. The number of morpholine rings is 1. The van der Waals surface area contributed by atoms with Crippen molar-refractivity contribution in [3.05, 3.63) is 65.7 Å². The van der Waals surface area contributed by atoms with Crippen molar-refractivity contribution in [3.8, 4) is 0 Å². The van der Waals surface area contributed by atoms with Gasteiger partial charge in [-0.2, -0.15) is 0 Å². The van der Waals surface area contributed by atoms with E-state index in [4.69, 9.17) is 4.74 Å². The highest BCUT2D eigenvalue weighted by Gasteiger charge is 2.16. The van der Waals surface area contributed by atoms with Gasteiger partial charge < -0.3 is 14.7 Å². The van der Waals surface area contributed by atoms with Crippen LogP contribution in [0.1, 0.15) is 17.2 Å². The van der Waals surface area contributed by atoms with Gasteiger partial charge in [0.05, 0.1) is 19.3 Å². The molecule has 1 fully saturated rings. The summed E-state index contributed by atoms with van der Waals surface area (Å²) in [5.74, 6) is 0. The summed E-state index contributed by atoms with van der Waals surface area (Å²) in [4.78, 5) is 4.57. The standard InChI is InChI=1S/C20H26N2O2/c1-21(16-20(23)17-7-3-2-4-8-17)15-18-9-5-6-10-19(18)22-11-13-24-14-12-22/h2-10,20,23H,11-16H2,1H3/t20-/m0/s1. The molecule has 24 heavy (non-hydrogen) atoms. The Morgan fingerprint density at radius 2 is 1.71 bits per heavy atom. The Balaban J connectivity index is 1.65. The summed E-state index contributed by atoms with van der Waals surface area (Å²) in [5, 5.41) is 10.4. The number of hydrogen-bond donors (Lipinski definition) is 1. The normalized spacial score (nSPS) is 16.4. The fourth-order valence-electron chi connectivity index (χ4n) is 3.19. The van der Waals surface area contributed by atoms with E-state index in [-0.39, 0.29) is 0 Å². The molecule has 0 bridgehead atoms. The third kappa shape index (κ3) is 4.35. The van der Waals surface area contributed by atoms with Gasteiger partial charge >= 0.3 is 0 Å². The first-order chi connectivity index (χ1) is 11.7. The van der Waals surface area contributed by atoms with Crippen LogP contribution in [0.2, 0.25) is 0 Å². The number of rotatable bonds is 6. The largest absolute Gasteiger partial charge is 0.387 e. The van der Waals surface area contributed by atoms with Gasteiger partial charge in [-0.05, 0) is 24.2 Å². The second-order valence-electron chi connectivity index (χ2n) is 6.35. The maximum atomic E-state index is 10.4. The monoisotopic (exact) mass is 326 g/mol. The second kappa shape index (κ2) is 8.29. The third-order valence-electron chi connectivity index (χ3n) is 4.45. The van der Waals surface area contributed by atoms with E-state index in [1.165, 1.54) is 11.3 Å². The van der Waals surface area contributed by atoms with Gasteiger partial charge in [0.25, 0.3) is 0 Å². The molecule has 4 heteroatoms. The van der Waals surface area contributed by atoms with Crippen LogP contribution in [0.4, 0.5) is 5.69 Å². The summed E-state index contributed by atoms with van der Waals surface area (Å²) in [6.07, 6.45) is -0.466. The van der Waals surface area contributed by atoms with Crippen LogP contribution in [-0.2, 0) is 11.3 Å². The minimum Gasteiger partial charge on any atom is -0.387 e. The number of anilines is 1. The molecular formula is C20H26N2O2. The first kappa shape index (κ1) is 17.0. The molecule has 0 saturated carbocycles. The summed E-state index contributed by atoms with van der Waals surface area (Å²) in [5.41, 5.74) is 3.54. The third-order valence-corrected chi connectivity index (χ3v) is 4.45. The number of nitrogens with zero attached hydrogens (tertiary/aromatic N) is 2. The molecular weight excluding hydrogens is 300 g/mol. The van der Waals surface area contributed by atoms with Crippen LogP contribution in [0.3, 0.4) is 0 Å². The molecule has 1 saturated heterocycles. The minimum atomic E-state index is -0.466. The molecule has 0 radical (unpaired) electrons. The average Bonchev–Trinajstić information content (AvgIpc) is 2.63. The van der Waals surface area contributed by atoms with Gasteiger partial charge in [0.2, 0.25) is 0 Å². The number of aliphatic hydroxyl groups is 1. The summed E-state index contributed by atoms with van der Waals surface area (Å²) in [6.45, 7) is 4.88. The van der Waals surface area contributed by atoms with Crippen LogP contribution in [0, 0.1) is 0 Å². The highest BCUT2D eigenvalue weighted by atomic mass is 16.5. The Bertz CT molecular complexity index is 627. The van der Waals surface area contributed by atoms with Gasteiger partial charge in [-0.3, -0.25) is 4.90 Å². The van der Waals surface area contributed by atoms with Crippen molar-refractivity contribution in [2.45, 2.75) is 12.6 Å². The van der Waals surface area contributed by atoms with E-state index in [2.05, 4.69) is 41.1 Å². The van der Waals surface area contributed by atoms with Crippen molar-refractivity contribution in [1.29, 1.82) is 0 Å². The zero-order valence-corrected chi connectivity index (χ0v) is 14.3. The predicted octanol–water partition coefficient (Wildman–Crippen LogP) is 2.69. The summed E-state index contributed by atoms with van der Waals surface area (Å²) in [6, 6.07) is 18.4. The highest BCUT2D eigenvalue weighted by Crippen LogP contribution is 2.23. The van der Waals surface area contributed by atoms with E-state index in [1.807, 2.05) is 30.3 Å². The molecule has 0 spiro atoms. The van der Waals surface area contributed by atoms with Crippen LogP contribution >= 0.6 is 0 Å². The molecule has 1 aliphatic heterocycles. The maximum absolute atomic E-state index is 10.4. The molecule has 1 aliphatic rings. The fourth-order valence-corrected chi connectivity index (χ4v) is 3.19. The highest BCUT2D eigenvalue weighted by molar-refractivity contribution is 5.53. The Labute approximate surface area is 144 Å². The molecule has 0 aliphatic carbocycles. The number of hydrogen-bond acceptors (Lipinski definition) is 4. The lowest BCUT2D eigenvalue weighted by Crippen LogP contribution is -2.37. The van der Waals surface area contributed by atoms with Gasteiger partial charge in [-0.25, -0.2) is 0 Å².